The zero-order valence-corrected chi connectivity index (χ0v) is 20.2. The molecule has 1 N–H and O–H groups in total. The zero-order chi connectivity index (χ0) is 23.5. The summed E-state index contributed by atoms with van der Waals surface area (Å²) >= 11 is 6.69. The highest BCUT2D eigenvalue weighted by atomic mass is 35.5. The number of halogens is 1. The van der Waals surface area contributed by atoms with Crippen LogP contribution in [-0.4, -0.2) is 46.5 Å². The summed E-state index contributed by atoms with van der Waals surface area (Å²) in [5.74, 6) is -0.345. The minimum absolute atomic E-state index is 0.0417. The van der Waals surface area contributed by atoms with E-state index in [1.54, 1.807) is 0 Å². The zero-order valence-electron chi connectivity index (χ0n) is 19.5. The van der Waals surface area contributed by atoms with E-state index in [1.807, 2.05) is 6.92 Å². The molecule has 0 aromatic carbocycles. The van der Waals surface area contributed by atoms with Gasteiger partial charge in [0.15, 0.2) is 6.61 Å². The minimum atomic E-state index is -1.70. The van der Waals surface area contributed by atoms with Crippen LogP contribution in [0.1, 0.15) is 72.6 Å². The number of hydrogen-bond donors (Lipinski definition) is 1. The van der Waals surface area contributed by atoms with Crippen LogP contribution < -0.4 is 0 Å². The van der Waals surface area contributed by atoms with Crippen molar-refractivity contribution >= 4 is 29.3 Å². The van der Waals surface area contributed by atoms with Gasteiger partial charge in [-0.15, -0.1) is 11.6 Å². The van der Waals surface area contributed by atoms with Gasteiger partial charge in [0.1, 0.15) is 11.7 Å². The molecule has 0 spiro atoms. The third-order valence-electron chi connectivity index (χ3n) is 9.40. The van der Waals surface area contributed by atoms with Gasteiger partial charge in [-0.2, -0.15) is 0 Å². The predicted octanol–water partition coefficient (Wildman–Crippen LogP) is 3.96. The minimum Gasteiger partial charge on any atom is -0.462 e. The van der Waals surface area contributed by atoms with Crippen LogP contribution in [0.4, 0.5) is 0 Å². The first kappa shape index (κ1) is 23.7. The lowest BCUT2D eigenvalue weighted by molar-refractivity contribution is -0.168. The van der Waals surface area contributed by atoms with Crippen molar-refractivity contribution in [2.24, 2.45) is 28.6 Å². The lowest BCUT2D eigenvalue weighted by atomic mass is 9.46. The van der Waals surface area contributed by atoms with E-state index in [-0.39, 0.29) is 23.4 Å². The SMILES string of the molecule is CC(=O)OCC(=O)[C@@]1(O)[C@@H](Cl)C[C@H]2[C@@H]3CC=C4C[C@@H](OC(C)=O)CC[C@]4(C)[C@H]3CC[C@@]21C. The van der Waals surface area contributed by atoms with Gasteiger partial charge >= 0.3 is 11.9 Å². The van der Waals surface area contributed by atoms with E-state index in [0.717, 1.165) is 32.1 Å². The Balaban J connectivity index is 1.59. The third-order valence-corrected chi connectivity index (χ3v) is 9.89. The molecule has 6 nitrogen and oxygen atoms in total. The van der Waals surface area contributed by atoms with Crippen molar-refractivity contribution in [3.8, 4) is 0 Å². The smallest absolute Gasteiger partial charge is 0.303 e. The van der Waals surface area contributed by atoms with E-state index >= 15 is 0 Å². The van der Waals surface area contributed by atoms with Crippen molar-refractivity contribution in [1.82, 2.24) is 0 Å². The van der Waals surface area contributed by atoms with Crippen LogP contribution in [0.2, 0.25) is 0 Å². The molecule has 0 unspecified atom stereocenters. The molecule has 3 saturated carbocycles. The Morgan fingerprint density at radius 3 is 2.50 bits per heavy atom. The van der Waals surface area contributed by atoms with Gasteiger partial charge in [0.05, 0.1) is 5.38 Å². The fourth-order valence-corrected chi connectivity index (χ4v) is 8.28. The van der Waals surface area contributed by atoms with Crippen LogP contribution in [0, 0.1) is 28.6 Å². The molecular formula is C25H35ClO6. The summed E-state index contributed by atoms with van der Waals surface area (Å²) in [7, 11) is 0. The quantitative estimate of drug-likeness (QED) is 0.383. The molecule has 0 aromatic heterocycles. The highest BCUT2D eigenvalue weighted by molar-refractivity contribution is 6.24. The summed E-state index contributed by atoms with van der Waals surface area (Å²) in [5, 5.41) is 11.0. The van der Waals surface area contributed by atoms with E-state index in [0.29, 0.717) is 24.7 Å². The Kier molecular flexibility index (Phi) is 6.03. The average molecular weight is 467 g/mol. The van der Waals surface area contributed by atoms with E-state index in [1.165, 1.54) is 19.4 Å². The van der Waals surface area contributed by atoms with Crippen LogP contribution >= 0.6 is 11.6 Å². The lowest BCUT2D eigenvalue weighted by Crippen LogP contribution is -2.60. The molecule has 0 aromatic rings. The number of esters is 2. The Morgan fingerprint density at radius 2 is 1.84 bits per heavy atom. The topological polar surface area (TPSA) is 89.9 Å². The summed E-state index contributed by atoms with van der Waals surface area (Å²) in [4.78, 5) is 35.7. The van der Waals surface area contributed by atoms with Crippen molar-refractivity contribution in [3.63, 3.8) is 0 Å². The molecule has 0 radical (unpaired) electrons. The van der Waals surface area contributed by atoms with Gasteiger partial charge in [-0.1, -0.05) is 25.5 Å². The Morgan fingerprint density at radius 1 is 1.12 bits per heavy atom. The summed E-state index contributed by atoms with van der Waals surface area (Å²) in [5.41, 5.74) is -0.904. The Labute approximate surface area is 195 Å². The second-order valence-corrected chi connectivity index (χ2v) is 11.4. The average Bonchev–Trinajstić information content (AvgIpc) is 2.93. The van der Waals surface area contributed by atoms with Gasteiger partial charge in [0.2, 0.25) is 5.78 Å². The van der Waals surface area contributed by atoms with Crippen molar-refractivity contribution in [2.45, 2.75) is 89.7 Å². The van der Waals surface area contributed by atoms with Gasteiger partial charge in [-0.3, -0.25) is 14.4 Å². The van der Waals surface area contributed by atoms with Crippen molar-refractivity contribution in [3.05, 3.63) is 11.6 Å². The molecule has 32 heavy (non-hydrogen) atoms. The first-order chi connectivity index (χ1) is 14.9. The summed E-state index contributed by atoms with van der Waals surface area (Å²) < 4.78 is 10.4. The van der Waals surface area contributed by atoms with Crippen molar-refractivity contribution < 1.29 is 29.0 Å². The van der Waals surface area contributed by atoms with Crippen molar-refractivity contribution in [1.29, 1.82) is 0 Å². The molecule has 0 saturated heterocycles. The molecule has 0 aliphatic heterocycles. The standard InChI is InChI=1S/C25H35ClO6/c1-14(27)31-13-22(29)25(30)21(26)12-20-18-6-5-16-11-17(32-15(2)28)7-9-23(16,3)19(18)8-10-24(20,25)4/h5,17-21,30H,6-13H2,1-4H3/t17-,18+,19-,20-,21-,23-,24-,25-/m0/s1. The van der Waals surface area contributed by atoms with Gasteiger partial charge in [-0.05, 0) is 61.7 Å². The van der Waals surface area contributed by atoms with Gasteiger partial charge in [0, 0.05) is 25.7 Å². The number of carbonyl (C=O) groups excluding carboxylic acids is 3. The molecule has 4 aliphatic rings. The fourth-order valence-electron chi connectivity index (χ4n) is 7.71. The molecule has 4 aliphatic carbocycles. The lowest BCUT2D eigenvalue weighted by Gasteiger charge is -2.58. The van der Waals surface area contributed by atoms with Crippen LogP contribution in [-0.2, 0) is 23.9 Å². The summed E-state index contributed by atoms with van der Waals surface area (Å²) in [6.45, 7) is 6.62. The number of rotatable bonds is 4. The first-order valence-electron chi connectivity index (χ1n) is 11.8. The number of alkyl halides is 1. The van der Waals surface area contributed by atoms with E-state index in [2.05, 4.69) is 13.0 Å². The summed E-state index contributed by atoms with van der Waals surface area (Å²) in [6, 6.07) is 0. The number of ether oxygens (including phenoxy) is 2. The van der Waals surface area contributed by atoms with Crippen LogP contribution in [0.3, 0.4) is 0 Å². The number of hydrogen-bond acceptors (Lipinski definition) is 6. The molecule has 0 bridgehead atoms. The largest absolute Gasteiger partial charge is 0.462 e. The highest BCUT2D eigenvalue weighted by Gasteiger charge is 2.69. The van der Waals surface area contributed by atoms with Crippen molar-refractivity contribution in [2.75, 3.05) is 6.61 Å². The normalized spacial score (nSPS) is 45.1. The van der Waals surface area contributed by atoms with Gasteiger partial charge < -0.3 is 14.6 Å². The van der Waals surface area contributed by atoms with Gasteiger partial charge in [-0.25, -0.2) is 0 Å². The number of aliphatic hydroxyl groups is 1. The number of ketones is 1. The molecular weight excluding hydrogens is 432 g/mol. The monoisotopic (exact) mass is 466 g/mol. The van der Waals surface area contributed by atoms with Crippen LogP contribution in [0.5, 0.6) is 0 Å². The number of fused-ring (bicyclic) bond motifs is 5. The maximum Gasteiger partial charge on any atom is 0.303 e. The van der Waals surface area contributed by atoms with E-state index in [4.69, 9.17) is 21.1 Å². The number of carbonyl (C=O) groups is 3. The van der Waals surface area contributed by atoms with Crippen LogP contribution in [0.15, 0.2) is 11.6 Å². The molecule has 3 fully saturated rings. The second-order valence-electron chi connectivity index (χ2n) is 10.9. The molecule has 0 amide bonds. The Hall–Kier alpha value is -1.40. The molecule has 8 atom stereocenters. The van der Waals surface area contributed by atoms with E-state index in [9.17, 15) is 19.5 Å². The third kappa shape index (κ3) is 3.44. The van der Waals surface area contributed by atoms with Crippen LogP contribution in [0.25, 0.3) is 0 Å². The number of allylic oxidation sites excluding steroid dienone is 1. The molecule has 4 rings (SSSR count). The fraction of sp³-hybridized carbons (Fsp3) is 0.800. The molecule has 0 heterocycles. The molecule has 178 valence electrons. The highest BCUT2D eigenvalue weighted by Crippen LogP contribution is 2.68. The maximum absolute atomic E-state index is 13.1. The number of Topliss-reactive ketones (excluding diaryl/α,β-unsaturated/α-hetero) is 1. The van der Waals surface area contributed by atoms with E-state index < -0.39 is 34.8 Å². The molecule has 7 heteroatoms. The Bertz CT molecular complexity index is 853. The summed E-state index contributed by atoms with van der Waals surface area (Å²) in [6.07, 6.45) is 8.01. The maximum atomic E-state index is 13.1. The second kappa shape index (κ2) is 8.12. The predicted molar refractivity (Wildman–Crippen MR) is 119 cm³/mol. The van der Waals surface area contributed by atoms with Gasteiger partial charge in [0.25, 0.3) is 0 Å². The first-order valence-corrected chi connectivity index (χ1v) is 12.3.